The maximum absolute atomic E-state index is 13.2. The summed E-state index contributed by atoms with van der Waals surface area (Å²) in [6.07, 6.45) is 1.12. The van der Waals surface area contributed by atoms with Crippen molar-refractivity contribution in [1.29, 1.82) is 0 Å². The van der Waals surface area contributed by atoms with Gasteiger partial charge in [0.2, 0.25) is 0 Å². The van der Waals surface area contributed by atoms with Gasteiger partial charge in [-0.3, -0.25) is 4.79 Å². The second kappa shape index (κ2) is 9.94. The van der Waals surface area contributed by atoms with Crippen LogP contribution in [0.25, 0.3) is 0 Å². The largest absolute Gasteiger partial charge is 0.490 e. The number of carbonyl (C=O) groups excluding carboxylic acids is 1. The van der Waals surface area contributed by atoms with Crippen LogP contribution in [0.3, 0.4) is 0 Å². The van der Waals surface area contributed by atoms with Gasteiger partial charge in [-0.1, -0.05) is 0 Å². The fraction of sp³-hybridized carbons (Fsp3) is 0.632. The second-order valence-electron chi connectivity index (χ2n) is 6.43. The van der Waals surface area contributed by atoms with E-state index in [1.54, 1.807) is 30.2 Å². The van der Waals surface area contributed by atoms with Crippen LogP contribution >= 0.6 is 0 Å². The molecule has 152 valence electrons. The van der Waals surface area contributed by atoms with E-state index in [0.29, 0.717) is 56.3 Å². The summed E-state index contributed by atoms with van der Waals surface area (Å²) in [5, 5.41) is 0. The molecule has 1 fully saturated rings. The van der Waals surface area contributed by atoms with Crippen LogP contribution in [0.15, 0.2) is 18.2 Å². The summed E-state index contributed by atoms with van der Waals surface area (Å²) in [7, 11) is -1.48. The smallest absolute Gasteiger partial charge is 0.254 e. The van der Waals surface area contributed by atoms with Crippen molar-refractivity contribution >= 4 is 15.7 Å². The fourth-order valence-corrected chi connectivity index (χ4v) is 4.93. The molecule has 1 aliphatic rings. The van der Waals surface area contributed by atoms with E-state index in [9.17, 15) is 13.2 Å². The molecule has 8 heteroatoms. The molecule has 0 aliphatic carbocycles. The molecule has 1 aliphatic heterocycles. The summed E-state index contributed by atoms with van der Waals surface area (Å²) in [5.41, 5.74) is 0.462. The van der Waals surface area contributed by atoms with Crippen LogP contribution in [-0.4, -0.2) is 70.2 Å². The normalized spacial score (nSPS) is 18.3. The SMILES string of the molecule is CCOc1ccc(C(=O)N(CCCOC)[C@H]2CCS(=O)(=O)C2)cc1OCC. The number of carbonyl (C=O) groups is 1. The number of sulfone groups is 1. The highest BCUT2D eigenvalue weighted by Crippen LogP contribution is 2.30. The van der Waals surface area contributed by atoms with Gasteiger partial charge in [0.25, 0.3) is 5.91 Å². The van der Waals surface area contributed by atoms with Gasteiger partial charge in [-0.15, -0.1) is 0 Å². The zero-order chi connectivity index (χ0) is 19.9. The predicted molar refractivity (Wildman–Crippen MR) is 103 cm³/mol. The van der Waals surface area contributed by atoms with Crippen molar-refractivity contribution in [3.8, 4) is 11.5 Å². The van der Waals surface area contributed by atoms with Gasteiger partial charge in [0, 0.05) is 31.9 Å². The van der Waals surface area contributed by atoms with E-state index in [0.717, 1.165) is 0 Å². The van der Waals surface area contributed by atoms with E-state index in [2.05, 4.69) is 0 Å². The molecule has 0 bridgehead atoms. The third kappa shape index (κ3) is 5.84. The minimum absolute atomic E-state index is 0.0149. The van der Waals surface area contributed by atoms with Gasteiger partial charge in [-0.2, -0.15) is 0 Å². The Hall–Kier alpha value is -1.80. The molecular formula is C19H29NO6S. The van der Waals surface area contributed by atoms with Crippen LogP contribution in [-0.2, 0) is 14.6 Å². The molecule has 0 aromatic heterocycles. The molecule has 1 aromatic carbocycles. The van der Waals surface area contributed by atoms with E-state index in [-0.39, 0.29) is 23.5 Å². The Bertz CT molecular complexity index is 734. The van der Waals surface area contributed by atoms with Gasteiger partial charge >= 0.3 is 0 Å². The lowest BCUT2D eigenvalue weighted by molar-refractivity contribution is 0.0674. The first kappa shape index (κ1) is 21.5. The molecule has 27 heavy (non-hydrogen) atoms. The van der Waals surface area contributed by atoms with Crippen molar-refractivity contribution in [2.45, 2.75) is 32.7 Å². The van der Waals surface area contributed by atoms with E-state index < -0.39 is 9.84 Å². The lowest BCUT2D eigenvalue weighted by atomic mass is 10.1. The van der Waals surface area contributed by atoms with E-state index in [1.165, 1.54) is 0 Å². The number of methoxy groups -OCH3 is 1. The molecule has 1 amide bonds. The van der Waals surface area contributed by atoms with Gasteiger partial charge in [0.15, 0.2) is 21.3 Å². The van der Waals surface area contributed by atoms with Gasteiger partial charge < -0.3 is 19.1 Å². The van der Waals surface area contributed by atoms with Crippen LogP contribution < -0.4 is 9.47 Å². The van der Waals surface area contributed by atoms with Crippen molar-refractivity contribution in [1.82, 2.24) is 4.90 Å². The molecule has 1 heterocycles. The molecule has 0 radical (unpaired) electrons. The molecule has 0 saturated carbocycles. The number of ether oxygens (including phenoxy) is 3. The molecule has 0 spiro atoms. The first-order valence-electron chi connectivity index (χ1n) is 9.31. The van der Waals surface area contributed by atoms with E-state index in [1.807, 2.05) is 13.8 Å². The van der Waals surface area contributed by atoms with Crippen molar-refractivity contribution in [3.05, 3.63) is 23.8 Å². The summed E-state index contributed by atoms with van der Waals surface area (Å²) < 4.78 is 40.0. The topological polar surface area (TPSA) is 82.1 Å². The number of nitrogens with zero attached hydrogens (tertiary/aromatic N) is 1. The first-order chi connectivity index (χ1) is 12.9. The second-order valence-corrected chi connectivity index (χ2v) is 8.66. The van der Waals surface area contributed by atoms with Crippen molar-refractivity contribution < 1.29 is 27.4 Å². The number of hydrogen-bond acceptors (Lipinski definition) is 6. The Morgan fingerprint density at radius 2 is 1.89 bits per heavy atom. The van der Waals surface area contributed by atoms with Crippen LogP contribution in [0, 0.1) is 0 Å². The Balaban J connectivity index is 2.26. The standard InChI is InChI=1S/C19H29NO6S/c1-4-25-17-8-7-15(13-18(17)26-5-2)19(21)20(10-6-11-24-3)16-9-12-27(22,23)14-16/h7-8,13,16H,4-6,9-12,14H2,1-3H3/t16-/m0/s1. The lowest BCUT2D eigenvalue weighted by Gasteiger charge is -2.28. The molecule has 2 rings (SSSR count). The van der Waals surface area contributed by atoms with Crippen molar-refractivity contribution in [3.63, 3.8) is 0 Å². The summed E-state index contributed by atoms with van der Waals surface area (Å²) in [5.74, 6) is 1.05. The Morgan fingerprint density at radius 1 is 1.19 bits per heavy atom. The average Bonchev–Trinajstić information content (AvgIpc) is 2.99. The summed E-state index contributed by atoms with van der Waals surface area (Å²) in [4.78, 5) is 14.8. The summed E-state index contributed by atoms with van der Waals surface area (Å²) in [6, 6.07) is 4.79. The minimum Gasteiger partial charge on any atom is -0.490 e. The highest BCUT2D eigenvalue weighted by Gasteiger charge is 2.35. The maximum atomic E-state index is 13.2. The summed E-state index contributed by atoms with van der Waals surface area (Å²) >= 11 is 0. The summed E-state index contributed by atoms with van der Waals surface area (Å²) in [6.45, 7) is 5.66. The van der Waals surface area contributed by atoms with Crippen LogP contribution in [0.2, 0.25) is 0 Å². The Labute approximate surface area is 161 Å². The van der Waals surface area contributed by atoms with Crippen molar-refractivity contribution in [2.75, 3.05) is 45.0 Å². The molecule has 0 N–H and O–H groups in total. The lowest BCUT2D eigenvalue weighted by Crippen LogP contribution is -2.42. The monoisotopic (exact) mass is 399 g/mol. The first-order valence-corrected chi connectivity index (χ1v) is 11.1. The Kier molecular flexibility index (Phi) is 7.91. The van der Waals surface area contributed by atoms with E-state index >= 15 is 0 Å². The van der Waals surface area contributed by atoms with Gasteiger partial charge in [-0.05, 0) is 44.9 Å². The highest BCUT2D eigenvalue weighted by atomic mass is 32.2. The van der Waals surface area contributed by atoms with Crippen LogP contribution in [0.4, 0.5) is 0 Å². The maximum Gasteiger partial charge on any atom is 0.254 e. The molecule has 1 atom stereocenters. The number of rotatable bonds is 10. The third-order valence-corrected chi connectivity index (χ3v) is 6.20. The third-order valence-electron chi connectivity index (χ3n) is 4.45. The van der Waals surface area contributed by atoms with Crippen LogP contribution in [0.5, 0.6) is 11.5 Å². The molecule has 0 unspecified atom stereocenters. The van der Waals surface area contributed by atoms with Gasteiger partial charge in [0.1, 0.15) is 0 Å². The average molecular weight is 400 g/mol. The fourth-order valence-electron chi connectivity index (χ4n) is 3.20. The van der Waals surface area contributed by atoms with E-state index in [4.69, 9.17) is 14.2 Å². The molecule has 1 saturated heterocycles. The number of hydrogen-bond donors (Lipinski definition) is 0. The van der Waals surface area contributed by atoms with Crippen molar-refractivity contribution in [2.24, 2.45) is 0 Å². The molecule has 7 nitrogen and oxygen atoms in total. The minimum atomic E-state index is -3.09. The predicted octanol–water partition coefficient (Wildman–Crippen LogP) is 2.15. The van der Waals surface area contributed by atoms with Gasteiger partial charge in [0.05, 0.1) is 24.7 Å². The number of amides is 1. The van der Waals surface area contributed by atoms with Gasteiger partial charge in [-0.25, -0.2) is 8.42 Å². The highest BCUT2D eigenvalue weighted by molar-refractivity contribution is 7.91. The zero-order valence-electron chi connectivity index (χ0n) is 16.3. The Morgan fingerprint density at radius 3 is 2.48 bits per heavy atom. The zero-order valence-corrected chi connectivity index (χ0v) is 17.1. The number of benzene rings is 1. The molecular weight excluding hydrogens is 370 g/mol. The quantitative estimate of drug-likeness (QED) is 0.561. The van der Waals surface area contributed by atoms with Crippen LogP contribution in [0.1, 0.15) is 37.0 Å². The molecule has 1 aromatic rings.